The molecular weight excluding hydrogens is 208 g/mol. The normalized spacial score (nSPS) is 20.0. The van der Waals surface area contributed by atoms with Crippen molar-refractivity contribution in [2.45, 2.75) is 32.9 Å². The van der Waals surface area contributed by atoms with Crippen LogP contribution in [0.4, 0.5) is 0 Å². The molecule has 1 saturated heterocycles. The van der Waals surface area contributed by atoms with Crippen molar-refractivity contribution in [1.29, 1.82) is 0 Å². The molecule has 1 aromatic rings. The fourth-order valence-electron chi connectivity index (χ4n) is 1.96. The molecule has 1 amide bonds. The zero-order chi connectivity index (χ0) is 11.5. The highest BCUT2D eigenvalue weighted by molar-refractivity contribution is 5.73. The number of rotatable bonds is 3. The quantitative estimate of drug-likeness (QED) is 0.787. The first-order valence-electron chi connectivity index (χ1n) is 5.44. The minimum Gasteiger partial charge on any atom is -0.340 e. The van der Waals surface area contributed by atoms with Gasteiger partial charge in [0.1, 0.15) is 0 Å². The summed E-state index contributed by atoms with van der Waals surface area (Å²) in [6.07, 6.45) is 0.983. The Hall–Kier alpha value is -1.43. The van der Waals surface area contributed by atoms with E-state index in [1.165, 1.54) is 0 Å². The standard InChI is InChI=1S/C10H16N4O2/c1-7-12-10(13-16-7)6-14(8(2)15)9-3-4-11-5-9/h9,11H,3-6H2,1-2H3/t9-/m1/s1. The molecule has 1 atom stereocenters. The summed E-state index contributed by atoms with van der Waals surface area (Å²) in [6, 6.07) is 0.247. The van der Waals surface area contributed by atoms with E-state index in [4.69, 9.17) is 4.52 Å². The van der Waals surface area contributed by atoms with E-state index in [1.807, 2.05) is 0 Å². The fourth-order valence-corrected chi connectivity index (χ4v) is 1.96. The van der Waals surface area contributed by atoms with Crippen molar-refractivity contribution in [3.05, 3.63) is 11.7 Å². The Bertz CT molecular complexity index is 371. The van der Waals surface area contributed by atoms with Crippen LogP contribution in [0.25, 0.3) is 0 Å². The minimum atomic E-state index is 0.0520. The fraction of sp³-hybridized carbons (Fsp3) is 0.700. The van der Waals surface area contributed by atoms with Gasteiger partial charge in [0.25, 0.3) is 0 Å². The van der Waals surface area contributed by atoms with Gasteiger partial charge in [-0.1, -0.05) is 5.16 Å². The van der Waals surface area contributed by atoms with Crippen molar-refractivity contribution in [3.8, 4) is 0 Å². The second kappa shape index (κ2) is 4.61. The van der Waals surface area contributed by atoms with E-state index in [0.717, 1.165) is 19.5 Å². The first kappa shape index (κ1) is 11.1. The summed E-state index contributed by atoms with van der Waals surface area (Å²) in [5.41, 5.74) is 0. The van der Waals surface area contributed by atoms with Gasteiger partial charge in [-0.2, -0.15) is 4.98 Å². The third-order valence-electron chi connectivity index (χ3n) is 2.76. The Morgan fingerprint density at radius 1 is 1.69 bits per heavy atom. The van der Waals surface area contributed by atoms with Crippen LogP contribution < -0.4 is 5.32 Å². The molecule has 1 aliphatic heterocycles. The van der Waals surface area contributed by atoms with Gasteiger partial charge in [-0.05, 0) is 13.0 Å². The lowest BCUT2D eigenvalue weighted by Crippen LogP contribution is -2.39. The largest absolute Gasteiger partial charge is 0.340 e. The van der Waals surface area contributed by atoms with E-state index in [2.05, 4.69) is 15.5 Å². The maximum atomic E-state index is 11.6. The molecule has 0 bridgehead atoms. The molecule has 0 unspecified atom stereocenters. The van der Waals surface area contributed by atoms with Crippen LogP contribution in [0.15, 0.2) is 4.52 Å². The third kappa shape index (κ3) is 2.38. The van der Waals surface area contributed by atoms with Gasteiger partial charge in [-0.3, -0.25) is 4.79 Å². The van der Waals surface area contributed by atoms with Crippen LogP contribution in [0, 0.1) is 6.92 Å². The lowest BCUT2D eigenvalue weighted by molar-refractivity contribution is -0.131. The number of amides is 1. The summed E-state index contributed by atoms with van der Waals surface area (Å²) in [5.74, 6) is 1.15. The lowest BCUT2D eigenvalue weighted by Gasteiger charge is -2.25. The highest BCUT2D eigenvalue weighted by Crippen LogP contribution is 2.12. The number of nitrogens with zero attached hydrogens (tertiary/aromatic N) is 3. The van der Waals surface area contributed by atoms with Crippen molar-refractivity contribution in [3.63, 3.8) is 0 Å². The van der Waals surface area contributed by atoms with Gasteiger partial charge < -0.3 is 14.7 Å². The van der Waals surface area contributed by atoms with Crippen molar-refractivity contribution < 1.29 is 9.32 Å². The number of hydrogen-bond acceptors (Lipinski definition) is 5. The number of carbonyl (C=O) groups excluding carboxylic acids is 1. The summed E-state index contributed by atoms with van der Waals surface area (Å²) >= 11 is 0. The number of nitrogens with one attached hydrogen (secondary N) is 1. The molecule has 0 aromatic carbocycles. The molecule has 0 aliphatic carbocycles. The van der Waals surface area contributed by atoms with E-state index in [-0.39, 0.29) is 11.9 Å². The van der Waals surface area contributed by atoms with E-state index in [0.29, 0.717) is 18.3 Å². The molecule has 16 heavy (non-hydrogen) atoms. The van der Waals surface area contributed by atoms with Crippen LogP contribution in [0.1, 0.15) is 25.1 Å². The van der Waals surface area contributed by atoms with Crippen LogP contribution in [0.5, 0.6) is 0 Å². The second-order valence-corrected chi connectivity index (χ2v) is 4.02. The first-order valence-corrected chi connectivity index (χ1v) is 5.44. The molecule has 1 fully saturated rings. The van der Waals surface area contributed by atoms with E-state index in [9.17, 15) is 4.79 Å². The van der Waals surface area contributed by atoms with Crippen molar-refractivity contribution in [2.24, 2.45) is 0 Å². The van der Waals surface area contributed by atoms with Gasteiger partial charge in [0.2, 0.25) is 11.8 Å². The number of aromatic nitrogens is 2. The number of aryl methyl sites for hydroxylation is 1. The first-order chi connectivity index (χ1) is 7.66. The van der Waals surface area contributed by atoms with Gasteiger partial charge in [0, 0.05) is 26.4 Å². The molecule has 0 radical (unpaired) electrons. The van der Waals surface area contributed by atoms with E-state index >= 15 is 0 Å². The Kier molecular flexibility index (Phi) is 3.19. The van der Waals surface area contributed by atoms with Crippen LogP contribution in [0.2, 0.25) is 0 Å². The van der Waals surface area contributed by atoms with E-state index < -0.39 is 0 Å². The van der Waals surface area contributed by atoms with Crippen LogP contribution >= 0.6 is 0 Å². The van der Waals surface area contributed by atoms with Crippen molar-refractivity contribution >= 4 is 5.91 Å². The van der Waals surface area contributed by atoms with Crippen LogP contribution in [0.3, 0.4) is 0 Å². The summed E-state index contributed by atoms with van der Waals surface area (Å²) in [7, 11) is 0. The Labute approximate surface area is 94.0 Å². The minimum absolute atomic E-state index is 0.0520. The molecule has 6 nitrogen and oxygen atoms in total. The monoisotopic (exact) mass is 224 g/mol. The summed E-state index contributed by atoms with van der Waals surface area (Å²) < 4.78 is 4.89. The molecule has 6 heteroatoms. The summed E-state index contributed by atoms with van der Waals surface area (Å²) in [4.78, 5) is 17.5. The molecule has 2 heterocycles. The van der Waals surface area contributed by atoms with Crippen molar-refractivity contribution in [2.75, 3.05) is 13.1 Å². The number of carbonyl (C=O) groups is 1. The average Bonchev–Trinajstić information content (AvgIpc) is 2.84. The highest BCUT2D eigenvalue weighted by Gasteiger charge is 2.25. The SMILES string of the molecule is CC(=O)N(Cc1noc(C)n1)[C@@H]1CCNC1. The Balaban J connectivity index is 2.05. The highest BCUT2D eigenvalue weighted by atomic mass is 16.5. The lowest BCUT2D eigenvalue weighted by atomic mass is 10.2. The molecular formula is C10H16N4O2. The molecule has 0 saturated carbocycles. The predicted octanol–water partition coefficient (Wildman–Crippen LogP) is 0.0884. The smallest absolute Gasteiger partial charge is 0.223 e. The van der Waals surface area contributed by atoms with E-state index in [1.54, 1.807) is 18.7 Å². The molecule has 88 valence electrons. The topological polar surface area (TPSA) is 71.3 Å². The molecule has 1 aliphatic rings. The van der Waals surface area contributed by atoms with Crippen molar-refractivity contribution in [1.82, 2.24) is 20.4 Å². The van der Waals surface area contributed by atoms with Crippen LogP contribution in [-0.4, -0.2) is 40.1 Å². The van der Waals surface area contributed by atoms with Crippen LogP contribution in [-0.2, 0) is 11.3 Å². The Morgan fingerprint density at radius 3 is 3.00 bits per heavy atom. The molecule has 2 rings (SSSR count). The van der Waals surface area contributed by atoms with Gasteiger partial charge in [-0.25, -0.2) is 0 Å². The number of hydrogen-bond donors (Lipinski definition) is 1. The maximum Gasteiger partial charge on any atom is 0.223 e. The Morgan fingerprint density at radius 2 is 2.50 bits per heavy atom. The average molecular weight is 224 g/mol. The molecule has 1 aromatic heterocycles. The van der Waals surface area contributed by atoms with Gasteiger partial charge >= 0.3 is 0 Å². The zero-order valence-electron chi connectivity index (χ0n) is 9.56. The molecule has 1 N–H and O–H groups in total. The van der Waals surface area contributed by atoms with Gasteiger partial charge in [0.15, 0.2) is 5.82 Å². The summed E-state index contributed by atoms with van der Waals surface area (Å²) in [5, 5.41) is 7.05. The van der Waals surface area contributed by atoms with Gasteiger partial charge in [0.05, 0.1) is 6.54 Å². The third-order valence-corrected chi connectivity index (χ3v) is 2.76. The summed E-state index contributed by atoms with van der Waals surface area (Å²) in [6.45, 7) is 5.55. The maximum absolute atomic E-state index is 11.6. The molecule has 0 spiro atoms. The second-order valence-electron chi connectivity index (χ2n) is 4.02. The predicted molar refractivity (Wildman–Crippen MR) is 56.5 cm³/mol. The zero-order valence-corrected chi connectivity index (χ0v) is 9.56. The van der Waals surface area contributed by atoms with Gasteiger partial charge in [-0.15, -0.1) is 0 Å².